The van der Waals surface area contributed by atoms with Crippen LogP contribution in [0.2, 0.25) is 0 Å². The highest BCUT2D eigenvalue weighted by Crippen LogP contribution is 2.21. The fraction of sp³-hybridized carbons (Fsp3) is 0.375. The second kappa shape index (κ2) is 9.22. The van der Waals surface area contributed by atoms with Crippen molar-refractivity contribution in [1.29, 1.82) is 0 Å². The molecule has 6 heteroatoms. The number of methoxy groups -OCH3 is 1. The monoisotopic (exact) mass is 407 g/mol. The minimum Gasteiger partial charge on any atom is -0.497 e. The summed E-state index contributed by atoms with van der Waals surface area (Å²) in [7, 11) is 3.49. The first-order valence-corrected chi connectivity index (χ1v) is 10.5. The molecular weight excluding hydrogens is 378 g/mol. The molecule has 0 saturated carbocycles. The van der Waals surface area contributed by atoms with Gasteiger partial charge in [-0.15, -0.1) is 0 Å². The Morgan fingerprint density at radius 3 is 2.33 bits per heavy atom. The van der Waals surface area contributed by atoms with Crippen molar-refractivity contribution >= 4 is 16.6 Å². The third-order valence-corrected chi connectivity index (χ3v) is 5.80. The van der Waals surface area contributed by atoms with E-state index in [0.717, 1.165) is 61.5 Å². The average molecular weight is 408 g/mol. The van der Waals surface area contributed by atoms with E-state index in [1.807, 2.05) is 36.4 Å². The molecule has 30 heavy (non-hydrogen) atoms. The summed E-state index contributed by atoms with van der Waals surface area (Å²) in [6.45, 7) is 5.89. The topological polar surface area (TPSA) is 46.9 Å². The van der Waals surface area contributed by atoms with Crippen LogP contribution in [0.25, 0.3) is 10.9 Å². The van der Waals surface area contributed by atoms with Gasteiger partial charge < -0.3 is 18.9 Å². The lowest BCUT2D eigenvalue weighted by atomic mass is 10.2. The maximum Gasteiger partial charge on any atom is 0.250 e. The van der Waals surface area contributed by atoms with Crippen LogP contribution in [-0.4, -0.2) is 55.9 Å². The smallest absolute Gasteiger partial charge is 0.250 e. The van der Waals surface area contributed by atoms with E-state index in [-0.39, 0.29) is 5.56 Å². The summed E-state index contributed by atoms with van der Waals surface area (Å²) in [6, 6.07) is 17.7. The summed E-state index contributed by atoms with van der Waals surface area (Å²) >= 11 is 0. The molecule has 3 aromatic rings. The van der Waals surface area contributed by atoms with E-state index in [9.17, 15) is 4.79 Å². The van der Waals surface area contributed by atoms with E-state index in [1.54, 1.807) is 24.8 Å². The summed E-state index contributed by atoms with van der Waals surface area (Å²) in [5.41, 5.74) is 2.15. The predicted octanol–water partition coefficient (Wildman–Crippen LogP) is 3.14. The van der Waals surface area contributed by atoms with Crippen molar-refractivity contribution < 1.29 is 9.47 Å². The van der Waals surface area contributed by atoms with Gasteiger partial charge in [-0.3, -0.25) is 9.69 Å². The molecule has 1 fully saturated rings. The molecule has 1 saturated heterocycles. The van der Waals surface area contributed by atoms with Gasteiger partial charge in [-0.1, -0.05) is 0 Å². The van der Waals surface area contributed by atoms with Gasteiger partial charge in [-0.05, 0) is 54.3 Å². The maximum absolute atomic E-state index is 11.8. The summed E-state index contributed by atoms with van der Waals surface area (Å²) in [5, 5.41) is 1.04. The van der Waals surface area contributed by atoms with E-state index >= 15 is 0 Å². The lowest BCUT2D eigenvalue weighted by Crippen LogP contribution is -2.46. The Hall–Kier alpha value is -2.99. The van der Waals surface area contributed by atoms with Crippen LogP contribution in [0, 0.1) is 0 Å². The van der Waals surface area contributed by atoms with E-state index in [1.165, 1.54) is 5.69 Å². The molecule has 2 heterocycles. The first kappa shape index (κ1) is 20.3. The minimum atomic E-state index is -0.00608. The number of anilines is 1. The quantitative estimate of drug-likeness (QED) is 0.563. The van der Waals surface area contributed by atoms with E-state index in [4.69, 9.17) is 9.47 Å². The van der Waals surface area contributed by atoms with Gasteiger partial charge in [-0.25, -0.2) is 0 Å². The van der Waals surface area contributed by atoms with Crippen LogP contribution in [0.5, 0.6) is 11.5 Å². The number of rotatable bonds is 7. The number of fused-ring (bicyclic) bond motifs is 1. The third-order valence-electron chi connectivity index (χ3n) is 5.80. The fourth-order valence-corrected chi connectivity index (χ4v) is 3.94. The van der Waals surface area contributed by atoms with Crippen LogP contribution in [0.1, 0.15) is 6.42 Å². The zero-order valence-electron chi connectivity index (χ0n) is 17.7. The first-order chi connectivity index (χ1) is 14.6. The zero-order valence-corrected chi connectivity index (χ0v) is 17.7. The number of aryl methyl sites for hydroxylation is 1. The molecule has 2 aromatic carbocycles. The van der Waals surface area contributed by atoms with Crippen LogP contribution in [0.4, 0.5) is 5.69 Å². The van der Waals surface area contributed by atoms with Crippen LogP contribution in [0.3, 0.4) is 0 Å². The average Bonchev–Trinajstić information content (AvgIpc) is 2.80. The fourth-order valence-electron chi connectivity index (χ4n) is 3.94. The maximum atomic E-state index is 11.8. The number of ether oxygens (including phenoxy) is 2. The van der Waals surface area contributed by atoms with Gasteiger partial charge in [0, 0.05) is 57.6 Å². The number of hydrogen-bond acceptors (Lipinski definition) is 5. The predicted molar refractivity (Wildman–Crippen MR) is 121 cm³/mol. The summed E-state index contributed by atoms with van der Waals surface area (Å²) in [4.78, 5) is 16.7. The number of aromatic nitrogens is 1. The van der Waals surface area contributed by atoms with Crippen molar-refractivity contribution in [2.75, 3.05) is 51.3 Å². The molecule has 0 unspecified atom stereocenters. The Bertz CT molecular complexity index is 1040. The number of nitrogens with zero attached hydrogens (tertiary/aromatic N) is 3. The highest BCUT2D eigenvalue weighted by Gasteiger charge is 2.16. The van der Waals surface area contributed by atoms with Gasteiger partial charge in [0.25, 0.3) is 5.56 Å². The van der Waals surface area contributed by atoms with E-state index < -0.39 is 0 Å². The van der Waals surface area contributed by atoms with Crippen LogP contribution in [0.15, 0.2) is 59.4 Å². The third kappa shape index (κ3) is 4.60. The number of benzene rings is 2. The second-order valence-corrected chi connectivity index (χ2v) is 7.68. The van der Waals surface area contributed by atoms with Crippen molar-refractivity contribution in [2.24, 2.45) is 7.05 Å². The molecule has 0 radical (unpaired) electrons. The Morgan fingerprint density at radius 2 is 1.60 bits per heavy atom. The SMILES string of the molecule is COc1ccc(N2CCN(CCCOc3ccc4ccc(=O)n(C)c4c3)CC2)cc1. The molecule has 0 spiro atoms. The largest absolute Gasteiger partial charge is 0.497 e. The normalized spacial score (nSPS) is 14.8. The number of piperazine rings is 1. The van der Waals surface area contributed by atoms with Gasteiger partial charge in [0.2, 0.25) is 0 Å². The van der Waals surface area contributed by atoms with Crippen molar-refractivity contribution in [3.05, 3.63) is 65.0 Å². The highest BCUT2D eigenvalue weighted by atomic mass is 16.5. The van der Waals surface area contributed by atoms with Gasteiger partial charge in [0.1, 0.15) is 11.5 Å². The molecule has 0 bridgehead atoms. The van der Waals surface area contributed by atoms with Gasteiger partial charge in [0.15, 0.2) is 0 Å². The van der Waals surface area contributed by atoms with Crippen LogP contribution in [-0.2, 0) is 7.05 Å². The number of pyridine rings is 1. The molecule has 1 aromatic heterocycles. The Balaban J connectivity index is 1.22. The summed E-state index contributed by atoms with van der Waals surface area (Å²) in [5.74, 6) is 1.71. The van der Waals surface area contributed by atoms with Gasteiger partial charge in [-0.2, -0.15) is 0 Å². The molecular formula is C24H29N3O3. The number of hydrogen-bond donors (Lipinski definition) is 0. The lowest BCUT2D eigenvalue weighted by molar-refractivity contribution is 0.225. The van der Waals surface area contributed by atoms with Crippen molar-refractivity contribution in [3.63, 3.8) is 0 Å². The van der Waals surface area contributed by atoms with Gasteiger partial charge in [0.05, 0.1) is 19.2 Å². The Kier molecular flexibility index (Phi) is 6.23. The molecule has 6 nitrogen and oxygen atoms in total. The van der Waals surface area contributed by atoms with E-state index in [2.05, 4.69) is 21.9 Å². The van der Waals surface area contributed by atoms with Crippen LogP contribution >= 0.6 is 0 Å². The molecule has 4 rings (SSSR count). The first-order valence-electron chi connectivity index (χ1n) is 10.5. The van der Waals surface area contributed by atoms with Crippen LogP contribution < -0.4 is 19.9 Å². The van der Waals surface area contributed by atoms with E-state index in [0.29, 0.717) is 6.61 Å². The molecule has 0 N–H and O–H groups in total. The molecule has 0 atom stereocenters. The Labute approximate surface area is 177 Å². The molecule has 1 aliphatic heterocycles. The lowest BCUT2D eigenvalue weighted by Gasteiger charge is -2.36. The molecule has 1 aliphatic rings. The second-order valence-electron chi connectivity index (χ2n) is 7.68. The molecule has 0 amide bonds. The highest BCUT2D eigenvalue weighted by molar-refractivity contribution is 5.80. The van der Waals surface area contributed by atoms with Crippen molar-refractivity contribution in [2.45, 2.75) is 6.42 Å². The molecule has 158 valence electrons. The Morgan fingerprint density at radius 1 is 0.900 bits per heavy atom. The molecule has 0 aliphatic carbocycles. The summed E-state index contributed by atoms with van der Waals surface area (Å²) in [6.07, 6.45) is 0.980. The standard InChI is InChI=1S/C24H29N3O3/c1-25-23-18-22(8-4-19(23)5-11-24(25)28)30-17-3-12-26-13-15-27(16-14-26)20-6-9-21(29-2)10-7-20/h4-11,18H,3,12-17H2,1-2H3. The van der Waals surface area contributed by atoms with Gasteiger partial charge >= 0.3 is 0 Å². The minimum absolute atomic E-state index is 0.00608. The zero-order chi connectivity index (χ0) is 20.9. The van der Waals surface area contributed by atoms with Crippen molar-refractivity contribution in [3.8, 4) is 11.5 Å². The van der Waals surface area contributed by atoms with Crippen molar-refractivity contribution in [1.82, 2.24) is 9.47 Å². The summed E-state index contributed by atoms with van der Waals surface area (Å²) < 4.78 is 12.8.